The van der Waals surface area contributed by atoms with Crippen LogP contribution >= 0.6 is 27.7 Å². The van der Waals surface area contributed by atoms with Crippen LogP contribution < -0.4 is 0 Å². The van der Waals surface area contributed by atoms with E-state index in [1.54, 1.807) is 23.9 Å². The van der Waals surface area contributed by atoms with Crippen molar-refractivity contribution in [3.8, 4) is 0 Å². The highest BCUT2D eigenvalue weighted by Gasteiger charge is 2.16. The number of benzene rings is 1. The fourth-order valence-corrected chi connectivity index (χ4v) is 3.16. The Bertz CT molecular complexity index is 416. The summed E-state index contributed by atoms with van der Waals surface area (Å²) in [5.74, 6) is 0.682. The third-order valence-corrected chi connectivity index (χ3v) is 4.59. The van der Waals surface area contributed by atoms with Gasteiger partial charge in [-0.3, -0.25) is 0 Å². The summed E-state index contributed by atoms with van der Waals surface area (Å²) in [6.45, 7) is 1.68. The highest BCUT2D eigenvalue weighted by molar-refractivity contribution is 9.10. The van der Waals surface area contributed by atoms with Crippen LogP contribution in [0.2, 0.25) is 0 Å². The Morgan fingerprint density at radius 2 is 2.41 bits per heavy atom. The molecule has 1 aliphatic heterocycles. The van der Waals surface area contributed by atoms with Crippen molar-refractivity contribution >= 4 is 33.7 Å². The second kappa shape index (κ2) is 5.89. The molecule has 5 heteroatoms. The lowest BCUT2D eigenvalue weighted by Crippen LogP contribution is -2.02. The number of ether oxygens (including phenoxy) is 1. The molecule has 1 aromatic carbocycles. The van der Waals surface area contributed by atoms with E-state index in [2.05, 4.69) is 15.9 Å². The minimum atomic E-state index is -0.900. The van der Waals surface area contributed by atoms with Crippen molar-refractivity contribution < 1.29 is 14.6 Å². The fraction of sp³-hybridized carbons (Fsp3) is 0.417. The van der Waals surface area contributed by atoms with Crippen LogP contribution in [0.5, 0.6) is 0 Å². The van der Waals surface area contributed by atoms with Crippen molar-refractivity contribution in [3.05, 3.63) is 28.2 Å². The van der Waals surface area contributed by atoms with Crippen LogP contribution in [0, 0.1) is 5.92 Å². The van der Waals surface area contributed by atoms with Crippen molar-refractivity contribution in [1.29, 1.82) is 0 Å². The zero-order chi connectivity index (χ0) is 12.3. The smallest absolute Gasteiger partial charge is 0.336 e. The first kappa shape index (κ1) is 12.9. The van der Waals surface area contributed by atoms with Gasteiger partial charge < -0.3 is 9.84 Å². The van der Waals surface area contributed by atoms with Gasteiger partial charge in [-0.15, -0.1) is 11.8 Å². The Hall–Kier alpha value is -0.520. The lowest BCUT2D eigenvalue weighted by Gasteiger charge is -2.08. The summed E-state index contributed by atoms with van der Waals surface area (Å²) in [5.41, 5.74) is 0.317. The highest BCUT2D eigenvalue weighted by atomic mass is 79.9. The number of aromatic carboxylic acids is 1. The van der Waals surface area contributed by atoms with Crippen LogP contribution in [0.1, 0.15) is 16.8 Å². The summed E-state index contributed by atoms with van der Waals surface area (Å²) in [7, 11) is 0. The standard InChI is InChI=1S/C12H13BrO3S/c13-11-2-1-9(5-10(11)12(14)15)17-7-8-3-4-16-6-8/h1-2,5,8H,3-4,6-7H2,(H,14,15). The summed E-state index contributed by atoms with van der Waals surface area (Å²) in [6.07, 6.45) is 1.11. The maximum atomic E-state index is 11.0. The molecule has 0 radical (unpaired) electrons. The van der Waals surface area contributed by atoms with Gasteiger partial charge in [-0.2, -0.15) is 0 Å². The third-order valence-electron chi connectivity index (χ3n) is 2.68. The van der Waals surface area contributed by atoms with Gasteiger partial charge in [0.25, 0.3) is 0 Å². The lowest BCUT2D eigenvalue weighted by atomic mass is 10.2. The molecule has 1 saturated heterocycles. The van der Waals surface area contributed by atoms with Gasteiger partial charge in [-0.1, -0.05) is 0 Å². The molecule has 1 atom stereocenters. The van der Waals surface area contributed by atoms with Crippen LogP contribution in [0.15, 0.2) is 27.6 Å². The van der Waals surface area contributed by atoms with E-state index in [4.69, 9.17) is 9.84 Å². The average Bonchev–Trinajstić information content (AvgIpc) is 2.80. The molecule has 1 aliphatic rings. The largest absolute Gasteiger partial charge is 0.478 e. The molecule has 0 spiro atoms. The maximum Gasteiger partial charge on any atom is 0.336 e. The zero-order valence-corrected chi connectivity index (χ0v) is 11.6. The van der Waals surface area contributed by atoms with E-state index in [9.17, 15) is 4.79 Å². The Balaban J connectivity index is 2.00. The van der Waals surface area contributed by atoms with Crippen LogP contribution in [0.3, 0.4) is 0 Å². The first-order valence-corrected chi connectivity index (χ1v) is 7.18. The van der Waals surface area contributed by atoms with Crippen LogP contribution in [0.4, 0.5) is 0 Å². The molecule has 0 amide bonds. The molecule has 1 N–H and O–H groups in total. The van der Waals surface area contributed by atoms with E-state index >= 15 is 0 Å². The van der Waals surface area contributed by atoms with Crippen molar-refractivity contribution in [2.24, 2.45) is 5.92 Å². The maximum absolute atomic E-state index is 11.0. The zero-order valence-electron chi connectivity index (χ0n) is 9.19. The molecule has 17 heavy (non-hydrogen) atoms. The van der Waals surface area contributed by atoms with Gasteiger partial charge in [0.2, 0.25) is 0 Å². The van der Waals surface area contributed by atoms with E-state index in [0.717, 1.165) is 30.3 Å². The predicted molar refractivity (Wildman–Crippen MR) is 70.8 cm³/mol. The molecule has 0 aromatic heterocycles. The lowest BCUT2D eigenvalue weighted by molar-refractivity contribution is 0.0695. The monoisotopic (exact) mass is 316 g/mol. The quantitative estimate of drug-likeness (QED) is 0.866. The van der Waals surface area contributed by atoms with Gasteiger partial charge in [0, 0.05) is 21.7 Å². The van der Waals surface area contributed by atoms with Crippen molar-refractivity contribution in [2.75, 3.05) is 19.0 Å². The molecular weight excluding hydrogens is 304 g/mol. The Kier molecular flexibility index (Phi) is 4.48. The summed E-state index contributed by atoms with van der Waals surface area (Å²) < 4.78 is 5.94. The molecule has 1 aromatic rings. The molecule has 0 saturated carbocycles. The van der Waals surface area contributed by atoms with E-state index in [0.29, 0.717) is 16.0 Å². The van der Waals surface area contributed by atoms with Crippen molar-refractivity contribution in [3.63, 3.8) is 0 Å². The molecule has 92 valence electrons. The Morgan fingerprint density at radius 3 is 3.06 bits per heavy atom. The number of hydrogen-bond acceptors (Lipinski definition) is 3. The van der Waals surface area contributed by atoms with Crippen LogP contribution in [0.25, 0.3) is 0 Å². The highest BCUT2D eigenvalue weighted by Crippen LogP contribution is 2.28. The molecule has 1 fully saturated rings. The number of hydrogen-bond donors (Lipinski definition) is 1. The minimum Gasteiger partial charge on any atom is -0.478 e. The first-order valence-electron chi connectivity index (χ1n) is 5.40. The van der Waals surface area contributed by atoms with Gasteiger partial charge in [0.05, 0.1) is 12.2 Å². The average molecular weight is 317 g/mol. The normalized spacial score (nSPS) is 19.5. The van der Waals surface area contributed by atoms with Crippen LogP contribution in [-0.4, -0.2) is 30.0 Å². The SMILES string of the molecule is O=C(O)c1cc(SCC2CCOC2)ccc1Br. The van der Waals surface area contributed by atoms with Crippen molar-refractivity contribution in [1.82, 2.24) is 0 Å². The molecule has 0 aliphatic carbocycles. The van der Waals surface area contributed by atoms with Crippen molar-refractivity contribution in [2.45, 2.75) is 11.3 Å². The fourth-order valence-electron chi connectivity index (χ4n) is 1.69. The molecule has 1 heterocycles. The Morgan fingerprint density at radius 1 is 1.59 bits per heavy atom. The van der Waals surface area contributed by atoms with E-state index in [-0.39, 0.29) is 0 Å². The van der Waals surface area contributed by atoms with Gasteiger partial charge in [-0.25, -0.2) is 4.79 Å². The van der Waals surface area contributed by atoms with E-state index < -0.39 is 5.97 Å². The van der Waals surface area contributed by atoms with Gasteiger partial charge in [-0.05, 0) is 46.5 Å². The van der Waals surface area contributed by atoms with E-state index in [1.807, 2.05) is 6.07 Å². The number of thioether (sulfide) groups is 1. The predicted octanol–water partition coefficient (Wildman–Crippen LogP) is 3.28. The molecule has 1 unspecified atom stereocenters. The third kappa shape index (κ3) is 3.47. The number of carboxylic acid groups (broad SMARTS) is 1. The number of rotatable bonds is 4. The van der Waals surface area contributed by atoms with Gasteiger partial charge in [0.1, 0.15) is 0 Å². The number of carbonyl (C=O) groups is 1. The first-order chi connectivity index (χ1) is 8.16. The number of carboxylic acids is 1. The number of halogens is 1. The molecule has 0 bridgehead atoms. The topological polar surface area (TPSA) is 46.5 Å². The van der Waals surface area contributed by atoms with Crippen LogP contribution in [-0.2, 0) is 4.74 Å². The second-order valence-corrected chi connectivity index (χ2v) is 5.94. The minimum absolute atomic E-state index is 0.317. The Labute approximate surface area is 113 Å². The molecule has 3 nitrogen and oxygen atoms in total. The second-order valence-electron chi connectivity index (χ2n) is 3.99. The van der Waals surface area contributed by atoms with Gasteiger partial charge >= 0.3 is 5.97 Å². The summed E-state index contributed by atoms with van der Waals surface area (Å²) in [5, 5.41) is 9.01. The van der Waals surface area contributed by atoms with E-state index in [1.165, 1.54) is 0 Å². The summed E-state index contributed by atoms with van der Waals surface area (Å²) in [4.78, 5) is 12.0. The van der Waals surface area contributed by atoms with Gasteiger partial charge in [0.15, 0.2) is 0 Å². The summed E-state index contributed by atoms with van der Waals surface area (Å²) in [6, 6.07) is 5.45. The summed E-state index contributed by atoms with van der Waals surface area (Å²) >= 11 is 4.93. The molecular formula is C12H13BrO3S. The molecule has 2 rings (SSSR count).